The number of hydrogen-bond donors (Lipinski definition) is 2. The average Bonchev–Trinajstić information content (AvgIpc) is 2.72. The summed E-state index contributed by atoms with van der Waals surface area (Å²) in [6.07, 6.45) is 1.58. The van der Waals surface area contributed by atoms with Gasteiger partial charge in [-0.05, 0) is 0 Å². The maximum absolute atomic E-state index is 4.06. The fourth-order valence-electron chi connectivity index (χ4n) is 1.51. The third-order valence-electron chi connectivity index (χ3n) is 2.28. The van der Waals surface area contributed by atoms with Gasteiger partial charge < -0.3 is 10.6 Å². The summed E-state index contributed by atoms with van der Waals surface area (Å²) in [6, 6.07) is 0. The molecular weight excluding hydrogens is 198 g/mol. The molecule has 0 atom stereocenters. The molecule has 78 valence electrons. The van der Waals surface area contributed by atoms with Crippen molar-refractivity contribution < 1.29 is 0 Å². The summed E-state index contributed by atoms with van der Waals surface area (Å²) in [7, 11) is 0. The van der Waals surface area contributed by atoms with Gasteiger partial charge in [-0.2, -0.15) is 4.37 Å². The third-order valence-corrected chi connectivity index (χ3v) is 2.90. The summed E-state index contributed by atoms with van der Waals surface area (Å²) in [4.78, 5) is 6.51. The molecule has 2 N–H and O–H groups in total. The molecule has 1 aliphatic heterocycles. The first-order valence-corrected chi connectivity index (χ1v) is 5.66. The molecule has 1 aromatic heterocycles. The topological polar surface area (TPSA) is 53.1 Å². The lowest BCUT2D eigenvalue weighted by Crippen LogP contribution is -2.45. The summed E-state index contributed by atoms with van der Waals surface area (Å²) < 4.78 is 3.93. The van der Waals surface area contributed by atoms with E-state index in [0.717, 1.165) is 44.4 Å². The predicted molar refractivity (Wildman–Crippen MR) is 57.7 cm³/mol. The van der Waals surface area contributed by atoms with Crippen LogP contribution in [0.5, 0.6) is 0 Å². The molecule has 14 heavy (non-hydrogen) atoms. The fourth-order valence-corrected chi connectivity index (χ4v) is 1.96. The van der Waals surface area contributed by atoms with Gasteiger partial charge in [-0.3, -0.25) is 4.90 Å². The Balaban J connectivity index is 1.62. The summed E-state index contributed by atoms with van der Waals surface area (Å²) in [5, 5.41) is 7.51. The molecule has 1 saturated heterocycles. The van der Waals surface area contributed by atoms with Crippen LogP contribution >= 0.6 is 11.5 Å². The van der Waals surface area contributed by atoms with Gasteiger partial charge in [0, 0.05) is 50.8 Å². The van der Waals surface area contributed by atoms with E-state index in [-0.39, 0.29) is 0 Å². The number of nitrogens with one attached hydrogen (secondary N) is 2. The fraction of sp³-hybridized carbons (Fsp3) is 0.750. The van der Waals surface area contributed by atoms with Crippen molar-refractivity contribution in [3.63, 3.8) is 0 Å². The van der Waals surface area contributed by atoms with Crippen LogP contribution in [0.25, 0.3) is 0 Å². The second-order valence-electron chi connectivity index (χ2n) is 3.26. The van der Waals surface area contributed by atoms with Crippen LogP contribution < -0.4 is 10.6 Å². The van der Waals surface area contributed by atoms with Crippen molar-refractivity contribution in [3.05, 3.63) is 6.33 Å². The van der Waals surface area contributed by atoms with E-state index in [1.807, 2.05) is 0 Å². The van der Waals surface area contributed by atoms with Gasteiger partial charge in [0.25, 0.3) is 0 Å². The van der Waals surface area contributed by atoms with Crippen molar-refractivity contribution in [1.29, 1.82) is 0 Å². The minimum absolute atomic E-state index is 0.917. The van der Waals surface area contributed by atoms with E-state index in [2.05, 4.69) is 24.9 Å². The molecule has 0 saturated carbocycles. The zero-order chi connectivity index (χ0) is 9.64. The number of rotatable bonds is 4. The molecule has 0 amide bonds. The van der Waals surface area contributed by atoms with Gasteiger partial charge in [0.1, 0.15) is 6.33 Å². The quantitative estimate of drug-likeness (QED) is 0.729. The number of anilines is 1. The van der Waals surface area contributed by atoms with Crippen molar-refractivity contribution in [2.45, 2.75) is 0 Å². The molecule has 1 aliphatic rings. The average molecular weight is 213 g/mol. The zero-order valence-corrected chi connectivity index (χ0v) is 8.89. The lowest BCUT2D eigenvalue weighted by Gasteiger charge is -2.26. The molecule has 6 heteroatoms. The van der Waals surface area contributed by atoms with E-state index in [9.17, 15) is 0 Å². The van der Waals surface area contributed by atoms with E-state index in [1.165, 1.54) is 11.5 Å². The van der Waals surface area contributed by atoms with Crippen molar-refractivity contribution >= 4 is 16.7 Å². The van der Waals surface area contributed by atoms with Gasteiger partial charge in [-0.15, -0.1) is 0 Å². The first-order chi connectivity index (χ1) is 6.95. The van der Waals surface area contributed by atoms with Crippen LogP contribution in [0.1, 0.15) is 0 Å². The Morgan fingerprint density at radius 2 is 2.36 bits per heavy atom. The zero-order valence-electron chi connectivity index (χ0n) is 8.07. The smallest absolute Gasteiger partial charge is 0.202 e. The Morgan fingerprint density at radius 3 is 3.07 bits per heavy atom. The molecule has 0 aromatic carbocycles. The van der Waals surface area contributed by atoms with E-state index < -0.39 is 0 Å². The van der Waals surface area contributed by atoms with E-state index in [1.54, 1.807) is 6.33 Å². The van der Waals surface area contributed by atoms with Crippen LogP contribution in [0.4, 0.5) is 5.13 Å². The first-order valence-electron chi connectivity index (χ1n) is 4.89. The Bertz CT molecular complexity index is 244. The third kappa shape index (κ3) is 2.90. The van der Waals surface area contributed by atoms with Crippen molar-refractivity contribution in [1.82, 2.24) is 19.6 Å². The Kier molecular flexibility index (Phi) is 3.67. The SMILES string of the molecule is c1nsc(NCCN2CCNCC2)n1. The van der Waals surface area contributed by atoms with Crippen LogP contribution in [-0.4, -0.2) is 53.5 Å². The number of aromatic nitrogens is 2. The van der Waals surface area contributed by atoms with E-state index in [0.29, 0.717) is 0 Å². The van der Waals surface area contributed by atoms with Gasteiger partial charge in [0.15, 0.2) is 0 Å². The Hall–Kier alpha value is -0.720. The summed E-state index contributed by atoms with van der Waals surface area (Å²) in [6.45, 7) is 6.56. The highest BCUT2D eigenvalue weighted by Crippen LogP contribution is 2.05. The predicted octanol–water partition coefficient (Wildman–Crippen LogP) is -0.145. The highest BCUT2D eigenvalue weighted by atomic mass is 32.1. The van der Waals surface area contributed by atoms with Gasteiger partial charge in [0.2, 0.25) is 5.13 Å². The van der Waals surface area contributed by atoms with Crippen LogP contribution in [0.15, 0.2) is 6.33 Å². The highest BCUT2D eigenvalue weighted by Gasteiger charge is 2.08. The number of nitrogens with zero attached hydrogens (tertiary/aromatic N) is 3. The summed E-state index contributed by atoms with van der Waals surface area (Å²) in [5.41, 5.74) is 0. The molecule has 1 aromatic rings. The molecule has 1 fully saturated rings. The molecular formula is C8H15N5S. The van der Waals surface area contributed by atoms with Gasteiger partial charge in [-0.25, -0.2) is 4.98 Å². The molecule has 2 heterocycles. The first kappa shape index (κ1) is 9.82. The van der Waals surface area contributed by atoms with Crippen LogP contribution in [-0.2, 0) is 0 Å². The maximum atomic E-state index is 4.06. The molecule has 0 radical (unpaired) electrons. The van der Waals surface area contributed by atoms with Crippen LogP contribution in [0.3, 0.4) is 0 Å². The second kappa shape index (κ2) is 5.23. The Labute approximate surface area is 87.7 Å². The molecule has 0 spiro atoms. The summed E-state index contributed by atoms with van der Waals surface area (Å²) >= 11 is 1.41. The number of piperazine rings is 1. The lowest BCUT2D eigenvalue weighted by molar-refractivity contribution is 0.249. The van der Waals surface area contributed by atoms with Gasteiger partial charge in [0.05, 0.1) is 0 Å². The molecule has 5 nitrogen and oxygen atoms in total. The van der Waals surface area contributed by atoms with E-state index in [4.69, 9.17) is 0 Å². The van der Waals surface area contributed by atoms with Crippen molar-refractivity contribution in [3.8, 4) is 0 Å². The summed E-state index contributed by atoms with van der Waals surface area (Å²) in [5.74, 6) is 0. The van der Waals surface area contributed by atoms with Crippen molar-refractivity contribution in [2.75, 3.05) is 44.6 Å². The van der Waals surface area contributed by atoms with E-state index >= 15 is 0 Å². The molecule has 2 rings (SSSR count). The monoisotopic (exact) mass is 213 g/mol. The maximum Gasteiger partial charge on any atom is 0.202 e. The van der Waals surface area contributed by atoms with Gasteiger partial charge >= 0.3 is 0 Å². The minimum Gasteiger partial charge on any atom is -0.359 e. The van der Waals surface area contributed by atoms with Crippen LogP contribution in [0.2, 0.25) is 0 Å². The largest absolute Gasteiger partial charge is 0.359 e. The molecule has 0 unspecified atom stereocenters. The standard InChI is InChI=1S/C8H15N5S/c1-4-13(5-2-9-1)6-3-10-8-11-7-12-14-8/h7,9H,1-6H2,(H,10,11,12). The highest BCUT2D eigenvalue weighted by molar-refractivity contribution is 7.09. The van der Waals surface area contributed by atoms with Crippen LogP contribution in [0, 0.1) is 0 Å². The Morgan fingerprint density at radius 1 is 1.50 bits per heavy atom. The van der Waals surface area contributed by atoms with Crippen molar-refractivity contribution in [2.24, 2.45) is 0 Å². The molecule has 0 bridgehead atoms. The molecule has 0 aliphatic carbocycles. The second-order valence-corrected chi connectivity index (χ2v) is 4.04. The van der Waals surface area contributed by atoms with Gasteiger partial charge in [-0.1, -0.05) is 0 Å². The minimum atomic E-state index is 0.917. The lowest BCUT2D eigenvalue weighted by atomic mass is 10.3. The normalized spacial score (nSPS) is 18.3. The number of hydrogen-bond acceptors (Lipinski definition) is 6.